The van der Waals surface area contributed by atoms with Gasteiger partial charge in [0.05, 0.1) is 25.3 Å². The number of esters is 1. The number of hydrogen-bond donors (Lipinski definition) is 0. The van der Waals surface area contributed by atoms with Crippen molar-refractivity contribution in [3.8, 4) is 11.8 Å². The predicted molar refractivity (Wildman–Crippen MR) is 68.0 cm³/mol. The Kier molecular flexibility index (Phi) is 4.29. The molecule has 1 aromatic heterocycles. The van der Waals surface area contributed by atoms with Crippen molar-refractivity contribution in [2.45, 2.75) is 6.54 Å². The van der Waals surface area contributed by atoms with E-state index in [1.54, 1.807) is 24.3 Å². The van der Waals surface area contributed by atoms with E-state index in [9.17, 15) is 4.79 Å². The zero-order valence-electron chi connectivity index (χ0n) is 10.8. The van der Waals surface area contributed by atoms with Crippen LogP contribution in [0.5, 0.6) is 5.75 Å². The summed E-state index contributed by atoms with van der Waals surface area (Å²) in [4.78, 5) is 15.0. The van der Waals surface area contributed by atoms with Crippen molar-refractivity contribution in [1.29, 1.82) is 5.26 Å². The number of benzene rings is 1. The molecule has 2 aromatic rings. The topological polar surface area (TPSA) is 90.0 Å². The summed E-state index contributed by atoms with van der Waals surface area (Å²) < 4.78 is 11.5. The van der Waals surface area contributed by atoms with Gasteiger partial charge in [-0.25, -0.2) is 14.5 Å². The van der Waals surface area contributed by atoms with Crippen LogP contribution in [0.3, 0.4) is 0 Å². The summed E-state index contributed by atoms with van der Waals surface area (Å²) in [5.74, 6) is 0.111. The van der Waals surface area contributed by atoms with Gasteiger partial charge in [0.25, 0.3) is 5.82 Å². The van der Waals surface area contributed by atoms with E-state index in [-0.39, 0.29) is 5.82 Å². The predicted octanol–water partition coefficient (Wildman–Crippen LogP) is 1.02. The van der Waals surface area contributed by atoms with Crippen LogP contribution in [0.15, 0.2) is 30.6 Å². The Morgan fingerprint density at radius 2 is 2.15 bits per heavy atom. The van der Waals surface area contributed by atoms with Crippen LogP contribution in [0.25, 0.3) is 0 Å². The lowest BCUT2D eigenvalue weighted by atomic mass is 10.2. The molecule has 1 heterocycles. The number of nitriles is 1. The van der Waals surface area contributed by atoms with E-state index in [0.717, 1.165) is 0 Å². The minimum absolute atomic E-state index is 0.0193. The molecule has 0 fully saturated rings. The van der Waals surface area contributed by atoms with E-state index < -0.39 is 5.97 Å². The second-order valence-electron chi connectivity index (χ2n) is 3.81. The van der Waals surface area contributed by atoms with Crippen LogP contribution in [-0.4, -0.2) is 34.5 Å². The van der Waals surface area contributed by atoms with Gasteiger partial charge in [-0.2, -0.15) is 5.26 Å². The highest BCUT2D eigenvalue weighted by atomic mass is 16.5. The van der Waals surface area contributed by atoms with Crippen molar-refractivity contribution in [2.24, 2.45) is 0 Å². The lowest BCUT2D eigenvalue weighted by Gasteiger charge is -2.05. The molecule has 20 heavy (non-hydrogen) atoms. The van der Waals surface area contributed by atoms with Gasteiger partial charge in [0.15, 0.2) is 0 Å². The lowest BCUT2D eigenvalue weighted by Crippen LogP contribution is -2.10. The average molecular weight is 272 g/mol. The average Bonchev–Trinajstić information content (AvgIpc) is 2.96. The molecule has 0 saturated heterocycles. The SMILES string of the molecule is COC(=O)c1ncn(CCOc2ccc(C#N)cc2)n1. The first kappa shape index (κ1) is 13.5. The Balaban J connectivity index is 1.85. The van der Waals surface area contributed by atoms with Crippen LogP contribution < -0.4 is 4.74 Å². The lowest BCUT2D eigenvalue weighted by molar-refractivity contribution is 0.0586. The molecular formula is C13H12N4O3. The van der Waals surface area contributed by atoms with Crippen LogP contribution in [0.4, 0.5) is 0 Å². The Labute approximate surface area is 115 Å². The Bertz CT molecular complexity index is 628. The second kappa shape index (κ2) is 6.33. The number of hydrogen-bond acceptors (Lipinski definition) is 6. The molecule has 0 spiro atoms. The zero-order chi connectivity index (χ0) is 14.4. The van der Waals surface area contributed by atoms with Crippen LogP contribution in [-0.2, 0) is 11.3 Å². The quantitative estimate of drug-likeness (QED) is 0.755. The normalized spacial score (nSPS) is 9.80. The van der Waals surface area contributed by atoms with E-state index in [4.69, 9.17) is 10.00 Å². The third kappa shape index (κ3) is 3.32. The number of aromatic nitrogens is 3. The molecule has 0 aliphatic heterocycles. The van der Waals surface area contributed by atoms with E-state index in [1.165, 1.54) is 18.1 Å². The third-order valence-corrected chi connectivity index (χ3v) is 2.48. The highest BCUT2D eigenvalue weighted by molar-refractivity contribution is 5.84. The summed E-state index contributed by atoms with van der Waals surface area (Å²) in [5, 5.41) is 12.6. The van der Waals surface area contributed by atoms with E-state index in [1.807, 2.05) is 6.07 Å². The number of ether oxygens (including phenoxy) is 2. The summed E-state index contributed by atoms with van der Waals surface area (Å²) in [6.07, 6.45) is 1.44. The van der Waals surface area contributed by atoms with Crippen molar-refractivity contribution >= 4 is 5.97 Å². The summed E-state index contributed by atoms with van der Waals surface area (Å²) in [6, 6.07) is 8.84. The van der Waals surface area contributed by atoms with Gasteiger partial charge in [-0.1, -0.05) is 0 Å². The van der Waals surface area contributed by atoms with E-state index >= 15 is 0 Å². The molecule has 0 atom stereocenters. The van der Waals surface area contributed by atoms with E-state index in [2.05, 4.69) is 14.8 Å². The number of methoxy groups -OCH3 is 1. The molecule has 0 saturated carbocycles. The number of carbonyl (C=O) groups is 1. The maximum Gasteiger partial charge on any atom is 0.377 e. The van der Waals surface area contributed by atoms with Gasteiger partial charge in [-0.3, -0.25) is 0 Å². The molecule has 7 nitrogen and oxygen atoms in total. The molecule has 0 aliphatic carbocycles. The van der Waals surface area contributed by atoms with Gasteiger partial charge in [0, 0.05) is 0 Å². The van der Waals surface area contributed by atoms with Gasteiger partial charge in [-0.05, 0) is 24.3 Å². The summed E-state index contributed by atoms with van der Waals surface area (Å²) >= 11 is 0. The van der Waals surface area contributed by atoms with Crippen molar-refractivity contribution in [3.05, 3.63) is 42.0 Å². The fraction of sp³-hybridized carbons (Fsp3) is 0.231. The first-order chi connectivity index (χ1) is 9.72. The molecular weight excluding hydrogens is 260 g/mol. The van der Waals surface area contributed by atoms with Gasteiger partial charge in [-0.15, -0.1) is 5.10 Å². The van der Waals surface area contributed by atoms with Crippen LogP contribution in [0.2, 0.25) is 0 Å². The zero-order valence-corrected chi connectivity index (χ0v) is 10.8. The second-order valence-corrected chi connectivity index (χ2v) is 3.81. The van der Waals surface area contributed by atoms with Gasteiger partial charge >= 0.3 is 5.97 Å². The minimum atomic E-state index is -0.572. The maximum atomic E-state index is 11.2. The molecule has 0 aliphatic rings. The summed E-state index contributed by atoms with van der Waals surface area (Å²) in [7, 11) is 1.27. The molecule has 102 valence electrons. The maximum absolute atomic E-state index is 11.2. The largest absolute Gasteiger partial charge is 0.492 e. The minimum Gasteiger partial charge on any atom is -0.492 e. The molecule has 0 bridgehead atoms. The van der Waals surface area contributed by atoms with Crippen molar-refractivity contribution < 1.29 is 14.3 Å². The Morgan fingerprint density at radius 3 is 2.80 bits per heavy atom. The van der Waals surface area contributed by atoms with E-state index in [0.29, 0.717) is 24.5 Å². The molecule has 0 amide bonds. The molecule has 0 N–H and O–H groups in total. The highest BCUT2D eigenvalue weighted by Gasteiger charge is 2.10. The molecule has 2 rings (SSSR count). The standard InChI is InChI=1S/C13H12N4O3/c1-19-13(18)12-15-9-17(16-12)6-7-20-11-4-2-10(8-14)3-5-11/h2-5,9H,6-7H2,1H3. The number of nitrogens with zero attached hydrogens (tertiary/aromatic N) is 4. The summed E-state index contributed by atoms with van der Waals surface area (Å²) in [6.45, 7) is 0.819. The molecule has 1 aromatic carbocycles. The first-order valence-corrected chi connectivity index (χ1v) is 5.83. The van der Waals surface area contributed by atoms with Crippen molar-refractivity contribution in [3.63, 3.8) is 0 Å². The first-order valence-electron chi connectivity index (χ1n) is 5.83. The van der Waals surface area contributed by atoms with Crippen LogP contribution in [0, 0.1) is 11.3 Å². The summed E-state index contributed by atoms with van der Waals surface area (Å²) in [5.41, 5.74) is 0.580. The monoisotopic (exact) mass is 272 g/mol. The van der Waals surface area contributed by atoms with Crippen LogP contribution >= 0.6 is 0 Å². The van der Waals surface area contributed by atoms with Gasteiger partial charge < -0.3 is 9.47 Å². The fourth-order valence-electron chi connectivity index (χ4n) is 1.47. The third-order valence-electron chi connectivity index (χ3n) is 2.48. The Morgan fingerprint density at radius 1 is 1.40 bits per heavy atom. The van der Waals surface area contributed by atoms with Crippen molar-refractivity contribution in [2.75, 3.05) is 13.7 Å². The smallest absolute Gasteiger partial charge is 0.377 e. The number of carbonyl (C=O) groups excluding carboxylic acids is 1. The van der Waals surface area contributed by atoms with Gasteiger partial charge in [0.1, 0.15) is 18.7 Å². The van der Waals surface area contributed by atoms with Crippen LogP contribution in [0.1, 0.15) is 16.2 Å². The van der Waals surface area contributed by atoms with Crippen molar-refractivity contribution in [1.82, 2.24) is 14.8 Å². The van der Waals surface area contributed by atoms with Gasteiger partial charge in [0.2, 0.25) is 0 Å². The molecule has 0 radical (unpaired) electrons. The highest BCUT2D eigenvalue weighted by Crippen LogP contribution is 2.11. The number of rotatable bonds is 5. The molecule has 0 unspecified atom stereocenters. The molecule has 7 heteroatoms. The Hall–Kier alpha value is -2.88. The fourth-order valence-corrected chi connectivity index (χ4v) is 1.47.